The highest BCUT2D eigenvalue weighted by Crippen LogP contribution is 2.38. The van der Waals surface area contributed by atoms with Crippen LogP contribution in [-0.4, -0.2) is 0 Å². The number of benzene rings is 2. The Hall–Kier alpha value is -2.04. The zero-order valence-corrected chi connectivity index (χ0v) is 14.8. The molecule has 0 heterocycles. The summed E-state index contributed by atoms with van der Waals surface area (Å²) >= 11 is 0. The van der Waals surface area contributed by atoms with E-state index in [9.17, 15) is 17.6 Å². The van der Waals surface area contributed by atoms with Crippen molar-refractivity contribution in [1.82, 2.24) is 0 Å². The largest absolute Gasteiger partial charge is 0.429 e. The van der Waals surface area contributed by atoms with Crippen molar-refractivity contribution in [1.29, 1.82) is 0 Å². The van der Waals surface area contributed by atoms with E-state index in [1.165, 1.54) is 25.0 Å². The van der Waals surface area contributed by atoms with Crippen molar-refractivity contribution in [2.45, 2.75) is 51.6 Å². The summed E-state index contributed by atoms with van der Waals surface area (Å²) in [5.41, 5.74) is 0.454. The van der Waals surface area contributed by atoms with Gasteiger partial charge in [0.05, 0.1) is 5.56 Å². The van der Waals surface area contributed by atoms with Crippen LogP contribution in [0.2, 0.25) is 0 Å². The molecule has 0 saturated heterocycles. The lowest BCUT2D eigenvalue weighted by atomic mass is 9.79. The molecule has 1 fully saturated rings. The van der Waals surface area contributed by atoms with Crippen molar-refractivity contribution in [2.75, 3.05) is 0 Å². The lowest BCUT2D eigenvalue weighted by Crippen LogP contribution is -2.22. The Morgan fingerprint density at radius 1 is 0.923 bits per heavy atom. The Bertz CT molecular complexity index is 739. The molecule has 1 saturated carbocycles. The molecule has 0 amide bonds. The van der Waals surface area contributed by atoms with Crippen LogP contribution < -0.4 is 4.74 Å². The SMILES string of the molecule is C[C]1CCC(c2ccc(C(F)(F)Oc3cc(F)c(C)c(F)c3)cc2)CC1. The molecule has 0 aromatic heterocycles. The van der Waals surface area contributed by atoms with Gasteiger partial charge in [0.2, 0.25) is 0 Å². The van der Waals surface area contributed by atoms with Crippen LogP contribution in [0.15, 0.2) is 36.4 Å². The number of hydrogen-bond acceptors (Lipinski definition) is 1. The Labute approximate surface area is 151 Å². The van der Waals surface area contributed by atoms with E-state index in [0.717, 1.165) is 43.4 Å². The molecule has 26 heavy (non-hydrogen) atoms. The van der Waals surface area contributed by atoms with Gasteiger partial charge in [-0.05, 0) is 62.1 Å². The highest BCUT2D eigenvalue weighted by atomic mass is 19.3. The van der Waals surface area contributed by atoms with Gasteiger partial charge in [0.15, 0.2) is 0 Å². The molecule has 0 atom stereocenters. The minimum absolute atomic E-state index is 0.231. The van der Waals surface area contributed by atoms with E-state index in [1.54, 1.807) is 12.1 Å². The summed E-state index contributed by atoms with van der Waals surface area (Å²) in [5.74, 6) is -0.526. The maximum absolute atomic E-state index is 14.4. The minimum atomic E-state index is -3.68. The molecule has 0 N–H and O–H groups in total. The van der Waals surface area contributed by atoms with Gasteiger partial charge in [0, 0.05) is 17.7 Å². The van der Waals surface area contributed by atoms with Gasteiger partial charge in [-0.2, -0.15) is 8.78 Å². The number of rotatable bonds is 4. The molecule has 2 aromatic carbocycles. The van der Waals surface area contributed by atoms with Crippen LogP contribution >= 0.6 is 0 Å². The average Bonchev–Trinajstić information content (AvgIpc) is 2.60. The molecule has 0 spiro atoms. The number of halogens is 4. The molecule has 5 heteroatoms. The van der Waals surface area contributed by atoms with Gasteiger partial charge in [0.25, 0.3) is 0 Å². The van der Waals surface area contributed by atoms with E-state index in [1.807, 2.05) is 0 Å². The van der Waals surface area contributed by atoms with Crippen LogP contribution in [0.25, 0.3) is 0 Å². The topological polar surface area (TPSA) is 9.23 Å². The Morgan fingerprint density at radius 3 is 2.00 bits per heavy atom. The number of ether oxygens (including phenoxy) is 1. The van der Waals surface area contributed by atoms with Crippen LogP contribution in [0.4, 0.5) is 17.6 Å². The van der Waals surface area contributed by atoms with Crippen LogP contribution in [-0.2, 0) is 6.11 Å². The summed E-state index contributed by atoms with van der Waals surface area (Å²) in [5, 5.41) is 0. The first-order chi connectivity index (χ1) is 12.3. The maximum atomic E-state index is 14.4. The van der Waals surface area contributed by atoms with E-state index in [2.05, 4.69) is 11.7 Å². The van der Waals surface area contributed by atoms with Crippen molar-refractivity contribution in [3.8, 4) is 5.75 Å². The second-order valence-corrected chi connectivity index (χ2v) is 6.98. The lowest BCUT2D eigenvalue weighted by Gasteiger charge is -2.26. The minimum Gasteiger partial charge on any atom is -0.429 e. The fourth-order valence-electron chi connectivity index (χ4n) is 3.28. The summed E-state index contributed by atoms with van der Waals surface area (Å²) < 4.78 is 60.4. The third kappa shape index (κ3) is 4.02. The van der Waals surface area contributed by atoms with Crippen molar-refractivity contribution in [3.05, 3.63) is 70.6 Å². The van der Waals surface area contributed by atoms with Crippen molar-refractivity contribution in [3.63, 3.8) is 0 Å². The Morgan fingerprint density at radius 2 is 1.46 bits per heavy atom. The molecule has 2 aromatic rings. The second-order valence-electron chi connectivity index (χ2n) is 6.98. The van der Waals surface area contributed by atoms with Crippen molar-refractivity contribution >= 4 is 0 Å². The average molecular weight is 365 g/mol. The van der Waals surface area contributed by atoms with Gasteiger partial charge in [0.1, 0.15) is 17.4 Å². The van der Waals surface area contributed by atoms with Gasteiger partial charge in [-0.25, -0.2) is 8.78 Å². The van der Waals surface area contributed by atoms with E-state index >= 15 is 0 Å². The molecule has 1 radical (unpaired) electrons. The number of hydrogen-bond donors (Lipinski definition) is 0. The van der Waals surface area contributed by atoms with Gasteiger partial charge < -0.3 is 4.74 Å². The van der Waals surface area contributed by atoms with Crippen LogP contribution in [0.1, 0.15) is 55.2 Å². The van der Waals surface area contributed by atoms with Gasteiger partial charge >= 0.3 is 6.11 Å². The first-order valence-corrected chi connectivity index (χ1v) is 8.70. The van der Waals surface area contributed by atoms with E-state index < -0.39 is 23.5 Å². The molecule has 1 nitrogen and oxygen atoms in total. The van der Waals surface area contributed by atoms with Crippen LogP contribution in [0.3, 0.4) is 0 Å². The molecule has 1 aliphatic carbocycles. The fraction of sp³-hybridized carbons (Fsp3) is 0.381. The zero-order chi connectivity index (χ0) is 18.9. The maximum Gasteiger partial charge on any atom is 0.426 e. The predicted molar refractivity (Wildman–Crippen MR) is 92.2 cm³/mol. The zero-order valence-electron chi connectivity index (χ0n) is 14.8. The van der Waals surface area contributed by atoms with Gasteiger partial charge in [-0.15, -0.1) is 0 Å². The highest BCUT2D eigenvalue weighted by molar-refractivity contribution is 5.32. The van der Waals surface area contributed by atoms with E-state index in [0.29, 0.717) is 5.92 Å². The van der Waals surface area contributed by atoms with Gasteiger partial charge in [-0.1, -0.05) is 19.1 Å². The van der Waals surface area contributed by atoms with Crippen molar-refractivity contribution < 1.29 is 22.3 Å². The van der Waals surface area contributed by atoms with E-state index in [4.69, 9.17) is 0 Å². The Balaban J connectivity index is 1.75. The summed E-state index contributed by atoms with van der Waals surface area (Å²) in [4.78, 5) is 0. The molecule has 1 aliphatic rings. The quantitative estimate of drug-likeness (QED) is 0.551. The summed E-state index contributed by atoms with van der Waals surface area (Å²) in [6, 6.07) is 7.55. The molecule has 139 valence electrons. The van der Waals surface area contributed by atoms with Gasteiger partial charge in [-0.3, -0.25) is 0 Å². The van der Waals surface area contributed by atoms with Crippen molar-refractivity contribution in [2.24, 2.45) is 0 Å². The fourth-order valence-corrected chi connectivity index (χ4v) is 3.28. The smallest absolute Gasteiger partial charge is 0.426 e. The lowest BCUT2D eigenvalue weighted by molar-refractivity contribution is -0.185. The number of alkyl halides is 2. The first kappa shape index (κ1) is 18.7. The van der Waals surface area contributed by atoms with Crippen LogP contribution in [0, 0.1) is 24.5 Å². The first-order valence-electron chi connectivity index (χ1n) is 8.70. The monoisotopic (exact) mass is 365 g/mol. The molecule has 0 unspecified atom stereocenters. The molecular weight excluding hydrogens is 344 g/mol. The molecule has 3 rings (SSSR count). The van der Waals surface area contributed by atoms with E-state index in [-0.39, 0.29) is 11.1 Å². The molecular formula is C21H21F4O. The second kappa shape index (κ2) is 7.29. The predicted octanol–water partition coefficient (Wildman–Crippen LogP) is 6.65. The third-order valence-corrected chi connectivity index (χ3v) is 5.06. The molecule has 0 bridgehead atoms. The normalized spacial score (nSPS) is 16.7. The van der Waals surface area contributed by atoms with Crippen LogP contribution in [0.5, 0.6) is 5.75 Å². The summed E-state index contributed by atoms with van der Waals surface area (Å²) in [6.45, 7) is 3.38. The molecule has 0 aliphatic heterocycles. The Kier molecular flexibility index (Phi) is 5.26. The summed E-state index contributed by atoms with van der Waals surface area (Å²) in [6.07, 6.45) is 0.510. The third-order valence-electron chi connectivity index (χ3n) is 5.06. The summed E-state index contributed by atoms with van der Waals surface area (Å²) in [7, 11) is 0. The standard InChI is InChI=1S/C21H21F4O/c1-13-3-5-15(6-4-13)16-7-9-17(10-8-16)21(24,25)26-18-11-19(22)14(2)20(23)12-18/h7-12,15H,3-6H2,1-2H3. The highest BCUT2D eigenvalue weighted by Gasteiger charge is 2.35.